The summed E-state index contributed by atoms with van der Waals surface area (Å²) < 4.78 is 7.37. The highest BCUT2D eigenvalue weighted by molar-refractivity contribution is 5.70. The molecule has 0 radical (unpaired) electrons. The van der Waals surface area contributed by atoms with Gasteiger partial charge in [-0.25, -0.2) is 4.79 Å². The fourth-order valence-electron chi connectivity index (χ4n) is 3.65. The summed E-state index contributed by atoms with van der Waals surface area (Å²) in [4.78, 5) is 14.3. The molecule has 1 aliphatic rings. The number of aromatic nitrogens is 1. The Hall–Kier alpha value is -2.60. The molecule has 1 fully saturated rings. The second-order valence-electron chi connectivity index (χ2n) is 7.77. The van der Waals surface area contributed by atoms with E-state index in [-0.39, 0.29) is 24.6 Å². The first kappa shape index (κ1) is 20.1. The number of cyclic esters (lactones) is 1. The van der Waals surface area contributed by atoms with Crippen LogP contribution < -0.4 is 4.57 Å². The van der Waals surface area contributed by atoms with Gasteiger partial charge >= 0.3 is 12.0 Å². The Bertz CT molecular complexity index is 837. The molecule has 0 spiro atoms. The zero-order chi connectivity index (χ0) is 20.3. The van der Waals surface area contributed by atoms with E-state index < -0.39 is 5.60 Å². The predicted molar refractivity (Wildman–Crippen MR) is 106 cm³/mol. The Kier molecular flexibility index (Phi) is 5.89. The van der Waals surface area contributed by atoms with Crippen LogP contribution in [0.3, 0.4) is 0 Å². The third-order valence-corrected chi connectivity index (χ3v) is 5.61. The van der Waals surface area contributed by atoms with E-state index in [4.69, 9.17) is 9.84 Å². The number of pyridine rings is 1. The van der Waals surface area contributed by atoms with E-state index in [0.717, 1.165) is 23.1 Å². The van der Waals surface area contributed by atoms with Crippen LogP contribution >= 0.6 is 0 Å². The third kappa shape index (κ3) is 4.28. The smallest absolute Gasteiger partial charge is 0.410 e. The summed E-state index contributed by atoms with van der Waals surface area (Å²) in [5, 5.41) is 18.7. The molecule has 150 valence electrons. The molecular weight excluding hydrogens is 356 g/mol. The van der Waals surface area contributed by atoms with Crippen molar-refractivity contribution < 1.29 is 24.3 Å². The number of carbonyl (C=O) groups excluding carboxylic acids is 1. The molecule has 2 atom stereocenters. The molecule has 0 aliphatic carbocycles. The summed E-state index contributed by atoms with van der Waals surface area (Å²) in [6, 6.07) is 11.6. The van der Waals surface area contributed by atoms with E-state index in [0.29, 0.717) is 19.4 Å². The van der Waals surface area contributed by atoms with E-state index >= 15 is 0 Å². The molecule has 0 unspecified atom stereocenters. The molecule has 0 bridgehead atoms. The molecule has 6 nitrogen and oxygen atoms in total. The number of aromatic hydroxyl groups is 1. The van der Waals surface area contributed by atoms with Gasteiger partial charge in [-0.1, -0.05) is 24.3 Å². The van der Waals surface area contributed by atoms with Crippen LogP contribution in [0.2, 0.25) is 0 Å². The summed E-state index contributed by atoms with van der Waals surface area (Å²) >= 11 is 0. The van der Waals surface area contributed by atoms with E-state index in [1.807, 2.05) is 50.4 Å². The first-order valence-corrected chi connectivity index (χ1v) is 9.72. The van der Waals surface area contributed by atoms with Crippen molar-refractivity contribution in [2.24, 2.45) is 7.05 Å². The summed E-state index contributed by atoms with van der Waals surface area (Å²) in [7, 11) is 1.80. The van der Waals surface area contributed by atoms with Crippen LogP contribution in [0, 0.1) is 0 Å². The molecule has 1 aliphatic heterocycles. The maximum Gasteiger partial charge on any atom is 0.410 e. The number of aliphatic hydroxyl groups excluding tert-OH is 1. The lowest BCUT2D eigenvalue weighted by Gasteiger charge is -2.41. The Morgan fingerprint density at radius 3 is 2.50 bits per heavy atom. The minimum Gasteiger partial charge on any atom is -0.460 e. The molecule has 6 heteroatoms. The zero-order valence-electron chi connectivity index (χ0n) is 16.8. The van der Waals surface area contributed by atoms with Gasteiger partial charge in [0, 0.05) is 25.1 Å². The minimum absolute atomic E-state index is 0.0835. The quantitative estimate of drug-likeness (QED) is 0.748. The fraction of sp³-hybridized carbons (Fsp3) is 0.455. The average molecular weight is 385 g/mol. The number of hydrogen-bond acceptors (Lipinski definition) is 4. The molecule has 1 amide bonds. The lowest BCUT2D eigenvalue weighted by atomic mass is 9.93. The Labute approximate surface area is 166 Å². The standard InChI is InChI=1S/C22H28N2O4/c1-16(24-13-12-22(2,11-4-14-25)28-21(24)27)17-5-7-18(8-6-17)19-9-10-20(26)23(3)15-19/h5-10,15-16,25H,4,11-14H2,1-3H3/p+1/t16-,22+/m0/s1. The molecule has 1 aromatic carbocycles. The molecule has 1 saturated heterocycles. The van der Waals surface area contributed by atoms with Gasteiger partial charge in [-0.05, 0) is 43.9 Å². The largest absolute Gasteiger partial charge is 0.460 e. The third-order valence-electron chi connectivity index (χ3n) is 5.61. The monoisotopic (exact) mass is 385 g/mol. The summed E-state index contributed by atoms with van der Waals surface area (Å²) in [6.45, 7) is 4.69. The zero-order valence-corrected chi connectivity index (χ0v) is 16.8. The van der Waals surface area contributed by atoms with Crippen LogP contribution in [0.1, 0.15) is 44.7 Å². The second kappa shape index (κ2) is 8.19. The number of aryl methyl sites for hydroxylation is 1. The van der Waals surface area contributed by atoms with Gasteiger partial charge in [0.05, 0.1) is 12.1 Å². The van der Waals surface area contributed by atoms with Gasteiger partial charge in [0.25, 0.3) is 0 Å². The molecular formula is C22H29N2O4+. The first-order valence-electron chi connectivity index (χ1n) is 9.72. The molecule has 28 heavy (non-hydrogen) atoms. The number of benzene rings is 1. The number of carbonyl (C=O) groups is 1. The van der Waals surface area contributed by atoms with Crippen molar-refractivity contribution >= 4 is 6.09 Å². The molecule has 2 N–H and O–H groups in total. The first-order chi connectivity index (χ1) is 13.3. The van der Waals surface area contributed by atoms with Gasteiger partial charge in [0.1, 0.15) is 12.6 Å². The van der Waals surface area contributed by atoms with E-state index in [2.05, 4.69) is 0 Å². The van der Waals surface area contributed by atoms with Crippen LogP contribution in [0.4, 0.5) is 4.79 Å². The maximum absolute atomic E-state index is 12.6. The maximum atomic E-state index is 12.6. The highest BCUT2D eigenvalue weighted by atomic mass is 16.6. The Morgan fingerprint density at radius 1 is 1.21 bits per heavy atom. The van der Waals surface area contributed by atoms with E-state index in [9.17, 15) is 9.90 Å². The predicted octanol–water partition coefficient (Wildman–Crippen LogP) is 3.32. The normalized spacial score (nSPS) is 20.7. The summed E-state index contributed by atoms with van der Waals surface area (Å²) in [5.74, 6) is 0.212. The summed E-state index contributed by atoms with van der Waals surface area (Å²) in [5.41, 5.74) is 2.61. The van der Waals surface area contributed by atoms with Crippen molar-refractivity contribution in [2.45, 2.75) is 44.8 Å². The van der Waals surface area contributed by atoms with Crippen LogP contribution in [0.25, 0.3) is 11.1 Å². The van der Waals surface area contributed by atoms with Gasteiger partial charge in [-0.15, -0.1) is 0 Å². The van der Waals surface area contributed by atoms with E-state index in [1.165, 1.54) is 0 Å². The second-order valence-corrected chi connectivity index (χ2v) is 7.77. The van der Waals surface area contributed by atoms with Crippen LogP contribution in [0.5, 0.6) is 5.88 Å². The Morgan fingerprint density at radius 2 is 1.89 bits per heavy atom. The number of rotatable bonds is 6. The van der Waals surface area contributed by atoms with Crippen molar-refractivity contribution in [1.29, 1.82) is 0 Å². The van der Waals surface area contributed by atoms with Gasteiger partial charge in [0.15, 0.2) is 6.20 Å². The van der Waals surface area contributed by atoms with Crippen LogP contribution in [-0.2, 0) is 11.8 Å². The number of amides is 1. The molecule has 2 aromatic rings. The number of hydrogen-bond donors (Lipinski definition) is 2. The number of nitrogens with zero attached hydrogens (tertiary/aromatic N) is 2. The summed E-state index contributed by atoms with van der Waals surface area (Å²) in [6.07, 6.45) is 3.65. The van der Waals surface area contributed by atoms with Crippen molar-refractivity contribution in [3.63, 3.8) is 0 Å². The van der Waals surface area contributed by atoms with Crippen molar-refractivity contribution in [3.8, 4) is 17.0 Å². The van der Waals surface area contributed by atoms with Gasteiger partial charge < -0.3 is 19.8 Å². The number of aliphatic hydroxyl groups is 1. The van der Waals surface area contributed by atoms with Crippen LogP contribution in [0.15, 0.2) is 42.6 Å². The highest BCUT2D eigenvalue weighted by Crippen LogP contribution is 2.33. The van der Waals surface area contributed by atoms with Gasteiger partial charge in [-0.2, -0.15) is 4.57 Å². The average Bonchev–Trinajstić information content (AvgIpc) is 2.68. The van der Waals surface area contributed by atoms with Gasteiger partial charge in [-0.3, -0.25) is 0 Å². The minimum atomic E-state index is -0.492. The molecule has 0 saturated carbocycles. The van der Waals surface area contributed by atoms with Crippen molar-refractivity contribution in [3.05, 3.63) is 48.2 Å². The van der Waals surface area contributed by atoms with Crippen molar-refractivity contribution in [1.82, 2.24) is 4.90 Å². The highest BCUT2D eigenvalue weighted by Gasteiger charge is 2.38. The molecule has 1 aromatic heterocycles. The lowest BCUT2D eigenvalue weighted by Crippen LogP contribution is -2.48. The molecule has 3 rings (SSSR count). The topological polar surface area (TPSA) is 73.9 Å². The van der Waals surface area contributed by atoms with E-state index in [1.54, 1.807) is 22.6 Å². The molecule has 2 heterocycles. The van der Waals surface area contributed by atoms with Crippen LogP contribution in [-0.4, -0.2) is 40.0 Å². The lowest BCUT2D eigenvalue weighted by molar-refractivity contribution is -0.677. The fourth-order valence-corrected chi connectivity index (χ4v) is 3.65. The number of ether oxygens (including phenoxy) is 1. The van der Waals surface area contributed by atoms with Gasteiger partial charge in [0.2, 0.25) is 0 Å². The SMILES string of the molecule is C[C@@H](c1ccc(-c2ccc(O)[n+](C)c2)cc1)N1CC[C@@](C)(CCCO)OC1=O. The Balaban J connectivity index is 1.70. The van der Waals surface area contributed by atoms with Crippen molar-refractivity contribution in [2.75, 3.05) is 13.2 Å².